The van der Waals surface area contributed by atoms with Gasteiger partial charge in [-0.25, -0.2) is 0 Å². The van der Waals surface area contributed by atoms with E-state index in [0.29, 0.717) is 0 Å². The van der Waals surface area contributed by atoms with Crippen LogP contribution in [-0.4, -0.2) is 15.1 Å². The molecule has 5 heteroatoms. The van der Waals surface area contributed by atoms with Gasteiger partial charge in [0.1, 0.15) is 11.3 Å². The monoisotopic (exact) mass is 443 g/mol. The van der Waals surface area contributed by atoms with Gasteiger partial charge in [-0.3, -0.25) is 4.98 Å². The highest BCUT2D eigenvalue weighted by molar-refractivity contribution is 14.1. The van der Waals surface area contributed by atoms with Crippen molar-refractivity contribution in [2.75, 3.05) is 0 Å². The average molecular weight is 443 g/mol. The molecule has 0 spiro atoms. The minimum absolute atomic E-state index is 0.834. The molecule has 0 amide bonds. The largest absolute Gasteiger partial charge is 0.361 e. The quantitative estimate of drug-likeness (QED) is 0.440. The highest BCUT2D eigenvalue weighted by Gasteiger charge is 2.19. The van der Waals surface area contributed by atoms with E-state index in [9.17, 15) is 0 Å². The Morgan fingerprint density at radius 3 is 2.64 bits per heavy atom. The third-order valence-electron chi connectivity index (χ3n) is 4.57. The number of nitrogens with one attached hydrogen (secondary N) is 1. The van der Waals surface area contributed by atoms with Crippen LogP contribution in [0.5, 0.6) is 0 Å². The Bertz CT molecular complexity index is 1010. The highest BCUT2D eigenvalue weighted by Crippen LogP contribution is 2.34. The molecule has 0 aliphatic carbocycles. The summed E-state index contributed by atoms with van der Waals surface area (Å²) in [6.45, 7) is 3.94. The van der Waals surface area contributed by atoms with E-state index in [0.717, 1.165) is 50.0 Å². The molecule has 4 rings (SSSR count). The molecule has 4 aromatic rings. The number of aromatic nitrogens is 3. The molecule has 25 heavy (non-hydrogen) atoms. The Kier molecular flexibility index (Phi) is 4.33. The number of aryl methyl sites for hydroxylation is 4. The van der Waals surface area contributed by atoms with Gasteiger partial charge in [0.2, 0.25) is 0 Å². The molecule has 0 saturated carbocycles. The zero-order chi connectivity index (χ0) is 17.4. The number of rotatable bonds is 4. The second kappa shape index (κ2) is 6.63. The molecule has 3 aromatic heterocycles. The van der Waals surface area contributed by atoms with Crippen LogP contribution in [0.25, 0.3) is 22.2 Å². The number of H-pyrrole nitrogens is 1. The van der Waals surface area contributed by atoms with Crippen molar-refractivity contribution in [1.82, 2.24) is 15.1 Å². The highest BCUT2D eigenvalue weighted by atomic mass is 127. The molecular weight excluding hydrogens is 425 g/mol. The van der Waals surface area contributed by atoms with E-state index >= 15 is 0 Å². The molecular formula is C20H18IN3O. The van der Waals surface area contributed by atoms with E-state index in [1.807, 2.05) is 26.2 Å². The smallest absolute Gasteiger partial charge is 0.141 e. The maximum atomic E-state index is 5.40. The fraction of sp³-hybridized carbons (Fsp3) is 0.200. The van der Waals surface area contributed by atoms with Crippen LogP contribution < -0.4 is 0 Å². The molecule has 4 nitrogen and oxygen atoms in total. The van der Waals surface area contributed by atoms with Gasteiger partial charge in [-0.2, -0.15) is 0 Å². The van der Waals surface area contributed by atoms with Crippen molar-refractivity contribution in [2.24, 2.45) is 0 Å². The lowest BCUT2D eigenvalue weighted by atomic mass is 9.95. The minimum Gasteiger partial charge on any atom is -0.361 e. The van der Waals surface area contributed by atoms with Crippen molar-refractivity contribution in [2.45, 2.75) is 26.7 Å². The SMILES string of the molecule is Cc1noc(C)c1-c1cnc2c(I)c[nH]c2c1CCc1ccccc1. The second-order valence-corrected chi connectivity index (χ2v) is 7.36. The number of benzene rings is 1. The fourth-order valence-corrected chi connectivity index (χ4v) is 3.91. The molecule has 0 fully saturated rings. The first kappa shape index (κ1) is 16.3. The van der Waals surface area contributed by atoms with Gasteiger partial charge >= 0.3 is 0 Å². The van der Waals surface area contributed by atoms with Gasteiger partial charge in [-0.05, 0) is 60.4 Å². The van der Waals surface area contributed by atoms with Crippen LogP contribution in [-0.2, 0) is 12.8 Å². The molecule has 1 N–H and O–H groups in total. The third-order valence-corrected chi connectivity index (χ3v) is 5.39. The number of hydrogen-bond acceptors (Lipinski definition) is 3. The summed E-state index contributed by atoms with van der Waals surface area (Å²) in [5.74, 6) is 0.834. The van der Waals surface area contributed by atoms with E-state index in [4.69, 9.17) is 4.52 Å². The van der Waals surface area contributed by atoms with Gasteiger partial charge in [0.15, 0.2) is 0 Å². The maximum absolute atomic E-state index is 5.40. The molecule has 0 bridgehead atoms. The summed E-state index contributed by atoms with van der Waals surface area (Å²) in [6, 6.07) is 10.6. The summed E-state index contributed by atoms with van der Waals surface area (Å²) in [4.78, 5) is 8.10. The number of pyridine rings is 1. The standard InChI is InChI=1S/C20H18IN3O/c1-12-18(13(2)25-24-12)16-10-22-20-17(21)11-23-19(20)15(16)9-8-14-6-4-3-5-7-14/h3-7,10-11,23H,8-9H2,1-2H3. The van der Waals surface area contributed by atoms with E-state index in [2.05, 4.69) is 68.0 Å². The average Bonchev–Trinajstić information content (AvgIpc) is 3.16. The Morgan fingerprint density at radius 2 is 1.92 bits per heavy atom. The van der Waals surface area contributed by atoms with Crippen molar-refractivity contribution < 1.29 is 4.52 Å². The van der Waals surface area contributed by atoms with Crippen LogP contribution in [0.1, 0.15) is 22.6 Å². The molecule has 0 aliphatic rings. The number of hydrogen-bond donors (Lipinski definition) is 1. The minimum atomic E-state index is 0.834. The lowest BCUT2D eigenvalue weighted by molar-refractivity contribution is 0.393. The Labute approximate surface area is 159 Å². The fourth-order valence-electron chi connectivity index (χ4n) is 3.35. The van der Waals surface area contributed by atoms with Gasteiger partial charge < -0.3 is 9.51 Å². The topological polar surface area (TPSA) is 54.7 Å². The Balaban J connectivity index is 1.85. The van der Waals surface area contributed by atoms with Gasteiger partial charge in [0.25, 0.3) is 0 Å². The lowest BCUT2D eigenvalue weighted by Crippen LogP contribution is -1.98. The van der Waals surface area contributed by atoms with E-state index in [1.165, 1.54) is 11.1 Å². The van der Waals surface area contributed by atoms with Gasteiger partial charge in [0, 0.05) is 23.5 Å². The molecule has 0 aliphatic heterocycles. The van der Waals surface area contributed by atoms with Crippen LogP contribution in [0.4, 0.5) is 0 Å². The van der Waals surface area contributed by atoms with E-state index in [1.54, 1.807) is 0 Å². The predicted octanol–water partition coefficient (Wildman–Crippen LogP) is 5.22. The van der Waals surface area contributed by atoms with Crippen molar-refractivity contribution in [3.05, 3.63) is 68.9 Å². The zero-order valence-corrected chi connectivity index (χ0v) is 16.3. The summed E-state index contributed by atoms with van der Waals surface area (Å²) >= 11 is 2.32. The van der Waals surface area contributed by atoms with Gasteiger partial charge in [0.05, 0.1) is 14.8 Å². The first-order valence-electron chi connectivity index (χ1n) is 8.26. The molecule has 1 aromatic carbocycles. The van der Waals surface area contributed by atoms with E-state index in [-0.39, 0.29) is 0 Å². The molecule has 0 saturated heterocycles. The Hall–Kier alpha value is -2.15. The van der Waals surface area contributed by atoms with Crippen molar-refractivity contribution in [3.63, 3.8) is 0 Å². The number of nitrogens with zero attached hydrogens (tertiary/aromatic N) is 2. The van der Waals surface area contributed by atoms with Crippen LogP contribution in [0.3, 0.4) is 0 Å². The zero-order valence-electron chi connectivity index (χ0n) is 14.1. The summed E-state index contributed by atoms with van der Waals surface area (Å²) in [5, 5.41) is 4.12. The van der Waals surface area contributed by atoms with E-state index < -0.39 is 0 Å². The van der Waals surface area contributed by atoms with Crippen LogP contribution >= 0.6 is 22.6 Å². The van der Waals surface area contributed by atoms with Crippen molar-refractivity contribution >= 4 is 33.6 Å². The summed E-state index contributed by atoms with van der Waals surface area (Å²) in [6.07, 6.45) is 5.89. The first-order chi connectivity index (χ1) is 12.1. The molecule has 126 valence electrons. The summed E-state index contributed by atoms with van der Waals surface area (Å²) in [5.41, 5.74) is 7.81. The van der Waals surface area contributed by atoms with Crippen molar-refractivity contribution in [3.8, 4) is 11.1 Å². The lowest BCUT2D eigenvalue weighted by Gasteiger charge is -2.11. The maximum Gasteiger partial charge on any atom is 0.141 e. The third kappa shape index (κ3) is 2.97. The number of halogens is 1. The molecule has 3 heterocycles. The van der Waals surface area contributed by atoms with Crippen LogP contribution in [0.2, 0.25) is 0 Å². The van der Waals surface area contributed by atoms with Crippen LogP contribution in [0.15, 0.2) is 47.2 Å². The second-order valence-electron chi connectivity index (χ2n) is 6.20. The normalized spacial score (nSPS) is 11.3. The van der Waals surface area contributed by atoms with Crippen LogP contribution in [0, 0.1) is 17.4 Å². The number of aromatic amines is 1. The molecule has 0 atom stereocenters. The number of fused-ring (bicyclic) bond motifs is 1. The predicted molar refractivity (Wildman–Crippen MR) is 108 cm³/mol. The molecule has 0 radical (unpaired) electrons. The van der Waals surface area contributed by atoms with Crippen molar-refractivity contribution in [1.29, 1.82) is 0 Å². The summed E-state index contributed by atoms with van der Waals surface area (Å²) in [7, 11) is 0. The van der Waals surface area contributed by atoms with Gasteiger partial charge in [-0.15, -0.1) is 0 Å². The Morgan fingerprint density at radius 1 is 1.12 bits per heavy atom. The molecule has 0 unspecified atom stereocenters. The van der Waals surface area contributed by atoms with Gasteiger partial charge in [-0.1, -0.05) is 35.5 Å². The summed E-state index contributed by atoms with van der Waals surface area (Å²) < 4.78 is 6.53. The first-order valence-corrected chi connectivity index (χ1v) is 9.34.